The van der Waals surface area contributed by atoms with Crippen LogP contribution in [0.3, 0.4) is 0 Å². The molecule has 3 nitrogen and oxygen atoms in total. The second-order valence-corrected chi connectivity index (χ2v) is 9.66. The molecule has 1 aliphatic carbocycles. The summed E-state index contributed by atoms with van der Waals surface area (Å²) in [7, 11) is 0.749. The van der Waals surface area contributed by atoms with E-state index in [1.807, 2.05) is 18.2 Å². The van der Waals surface area contributed by atoms with E-state index in [1.165, 1.54) is 44.1 Å². The lowest BCUT2D eigenvalue weighted by Gasteiger charge is -2.24. The van der Waals surface area contributed by atoms with Gasteiger partial charge in [0.1, 0.15) is 11.5 Å². The summed E-state index contributed by atoms with van der Waals surface area (Å²) in [6.45, 7) is 4.28. The lowest BCUT2D eigenvalue weighted by atomic mass is 9.98. The van der Waals surface area contributed by atoms with Crippen LogP contribution in [-0.2, 0) is 10.9 Å². The third-order valence-electron chi connectivity index (χ3n) is 5.51. The number of hydrogen-bond acceptors (Lipinski definition) is 3. The average molecular weight is 400 g/mol. The van der Waals surface area contributed by atoms with Crippen LogP contribution in [0.4, 0.5) is 0 Å². The molecule has 0 aromatic heterocycles. The fourth-order valence-corrected chi connectivity index (χ4v) is 5.66. The lowest BCUT2D eigenvalue weighted by Crippen LogP contribution is -2.06. The number of benzene rings is 2. The van der Waals surface area contributed by atoms with Gasteiger partial charge in [0.25, 0.3) is 0 Å². The highest BCUT2D eigenvalue weighted by atomic mass is 31.2. The van der Waals surface area contributed by atoms with Crippen molar-refractivity contribution in [1.29, 1.82) is 0 Å². The van der Waals surface area contributed by atoms with Gasteiger partial charge in [-0.25, -0.2) is 0 Å². The van der Waals surface area contributed by atoms with E-state index in [1.54, 1.807) is 7.11 Å². The molecule has 0 spiro atoms. The molecule has 1 aliphatic rings. The van der Waals surface area contributed by atoms with Crippen LogP contribution < -0.4 is 4.52 Å². The van der Waals surface area contributed by atoms with Gasteiger partial charge in [0.2, 0.25) is 8.38 Å². The molecule has 1 N–H and O–H groups in total. The van der Waals surface area contributed by atoms with Gasteiger partial charge >= 0.3 is 0 Å². The first-order chi connectivity index (χ1) is 13.6. The van der Waals surface area contributed by atoms with Gasteiger partial charge in [-0.05, 0) is 55.9 Å². The second kappa shape index (κ2) is 10.3. The maximum absolute atomic E-state index is 10.9. The number of aromatic hydroxyl groups is 1. The number of unbranched alkanes of at least 4 members (excludes halogenated alkanes) is 2. The Bertz CT molecular complexity index is 768. The predicted molar refractivity (Wildman–Crippen MR) is 118 cm³/mol. The van der Waals surface area contributed by atoms with Gasteiger partial charge in [-0.15, -0.1) is 0 Å². The van der Waals surface area contributed by atoms with Gasteiger partial charge < -0.3 is 14.2 Å². The van der Waals surface area contributed by atoms with Crippen LogP contribution in [0.25, 0.3) is 11.1 Å². The van der Waals surface area contributed by atoms with E-state index in [2.05, 4.69) is 32.0 Å². The molecule has 0 bridgehead atoms. The van der Waals surface area contributed by atoms with Gasteiger partial charge in [0.15, 0.2) is 0 Å². The molecular weight excluding hydrogens is 367 g/mol. The molecule has 0 aliphatic heterocycles. The molecule has 1 atom stereocenters. The van der Waals surface area contributed by atoms with Gasteiger partial charge in [-0.2, -0.15) is 0 Å². The normalized spacial score (nSPS) is 15.7. The minimum Gasteiger partial charge on any atom is -0.507 e. The Kier molecular flexibility index (Phi) is 7.76. The van der Waals surface area contributed by atoms with E-state index in [4.69, 9.17) is 9.05 Å². The van der Waals surface area contributed by atoms with Crippen molar-refractivity contribution in [1.82, 2.24) is 0 Å². The molecule has 152 valence electrons. The third-order valence-corrected chi connectivity index (χ3v) is 7.36. The van der Waals surface area contributed by atoms with Gasteiger partial charge in [0, 0.05) is 12.8 Å². The lowest BCUT2D eigenvalue weighted by molar-refractivity contribution is 0.383. The number of hydrogen-bond donors (Lipinski definition) is 1. The van der Waals surface area contributed by atoms with E-state index in [9.17, 15) is 5.11 Å². The largest absolute Gasteiger partial charge is 0.507 e. The van der Waals surface area contributed by atoms with Gasteiger partial charge in [-0.3, -0.25) is 0 Å². The molecule has 1 unspecified atom stereocenters. The molecule has 4 heteroatoms. The van der Waals surface area contributed by atoms with Crippen molar-refractivity contribution in [2.45, 2.75) is 70.9 Å². The highest BCUT2D eigenvalue weighted by molar-refractivity contribution is 7.48. The summed E-state index contributed by atoms with van der Waals surface area (Å²) in [6, 6.07) is 12.3. The minimum absolute atomic E-state index is 0.298. The van der Waals surface area contributed by atoms with Crippen molar-refractivity contribution in [2.24, 2.45) is 0 Å². The molecule has 0 radical (unpaired) electrons. The number of phenols is 1. The van der Waals surface area contributed by atoms with E-state index in [0.717, 1.165) is 35.3 Å². The van der Waals surface area contributed by atoms with E-state index in [0.29, 0.717) is 11.4 Å². The predicted octanol–water partition coefficient (Wildman–Crippen LogP) is 7.38. The molecule has 3 rings (SSSR count). The maximum atomic E-state index is 10.9. The van der Waals surface area contributed by atoms with Crippen LogP contribution in [0, 0.1) is 6.92 Å². The number of aryl methyl sites for hydroxylation is 2. The summed E-state index contributed by atoms with van der Waals surface area (Å²) in [5.41, 5.74) is 4.56. The SMILES string of the molecule is CCCCCc1cc(O)c(-c2cccc(C)c2)c(OP(OC)C2CCCC2)c1. The first kappa shape index (κ1) is 21.1. The summed E-state index contributed by atoms with van der Waals surface area (Å²) in [5, 5.41) is 10.9. The molecule has 0 saturated heterocycles. The number of phenolic OH excluding ortho intramolecular Hbond substituents is 1. The fourth-order valence-electron chi connectivity index (χ4n) is 4.02. The summed E-state index contributed by atoms with van der Waals surface area (Å²) >= 11 is 0. The maximum Gasteiger partial charge on any atom is 0.233 e. The van der Waals surface area contributed by atoms with E-state index in [-0.39, 0.29) is 0 Å². The van der Waals surface area contributed by atoms with Crippen LogP contribution >= 0.6 is 8.38 Å². The van der Waals surface area contributed by atoms with Crippen molar-refractivity contribution in [3.63, 3.8) is 0 Å². The Morgan fingerprint density at radius 2 is 1.89 bits per heavy atom. The Morgan fingerprint density at radius 1 is 1.11 bits per heavy atom. The molecule has 1 fully saturated rings. The Balaban J connectivity index is 1.96. The smallest absolute Gasteiger partial charge is 0.233 e. The van der Waals surface area contributed by atoms with Gasteiger partial charge in [-0.1, -0.05) is 62.4 Å². The molecule has 1 saturated carbocycles. The van der Waals surface area contributed by atoms with Crippen molar-refractivity contribution in [3.8, 4) is 22.6 Å². The van der Waals surface area contributed by atoms with Crippen LogP contribution in [0.1, 0.15) is 63.0 Å². The topological polar surface area (TPSA) is 38.7 Å². The zero-order valence-electron chi connectivity index (χ0n) is 17.4. The zero-order chi connectivity index (χ0) is 19.9. The third kappa shape index (κ3) is 5.27. The minimum atomic E-state index is -1.00. The van der Waals surface area contributed by atoms with Crippen LogP contribution in [-0.4, -0.2) is 17.9 Å². The molecule has 0 heterocycles. The molecule has 2 aromatic rings. The first-order valence-electron chi connectivity index (χ1n) is 10.6. The second-order valence-electron chi connectivity index (χ2n) is 7.81. The monoisotopic (exact) mass is 400 g/mol. The standard InChI is InChI=1S/C24H33O3P/c1-4-5-6-11-19-16-22(25)24(20-12-9-10-18(2)15-20)23(17-19)27-28(26-3)21-13-7-8-14-21/h9-10,12,15-17,21,25H,4-8,11,13-14H2,1-3H3. The average Bonchev–Trinajstić information content (AvgIpc) is 3.20. The van der Waals surface area contributed by atoms with Crippen molar-refractivity contribution >= 4 is 8.38 Å². The van der Waals surface area contributed by atoms with Crippen molar-refractivity contribution < 1.29 is 14.2 Å². The zero-order valence-corrected chi connectivity index (χ0v) is 18.3. The molecule has 28 heavy (non-hydrogen) atoms. The summed E-state index contributed by atoms with van der Waals surface area (Å²) in [5.74, 6) is 1.06. The van der Waals surface area contributed by atoms with E-state index >= 15 is 0 Å². The molecular formula is C24H33O3P. The summed E-state index contributed by atoms with van der Waals surface area (Å²) in [4.78, 5) is 0. The highest BCUT2D eigenvalue weighted by Crippen LogP contribution is 2.53. The van der Waals surface area contributed by atoms with Crippen molar-refractivity contribution in [3.05, 3.63) is 47.5 Å². The molecule has 2 aromatic carbocycles. The molecule has 0 amide bonds. The quantitative estimate of drug-likeness (QED) is 0.352. The Morgan fingerprint density at radius 3 is 2.57 bits per heavy atom. The van der Waals surface area contributed by atoms with Gasteiger partial charge in [0.05, 0.1) is 5.56 Å². The highest BCUT2D eigenvalue weighted by Gasteiger charge is 2.29. The first-order valence-corrected chi connectivity index (χ1v) is 11.8. The fraction of sp³-hybridized carbons (Fsp3) is 0.500. The van der Waals surface area contributed by atoms with E-state index < -0.39 is 8.38 Å². The van der Waals surface area contributed by atoms with Crippen LogP contribution in [0.5, 0.6) is 11.5 Å². The Labute approximate surface area is 171 Å². The Hall–Kier alpha value is -1.57. The van der Waals surface area contributed by atoms with Crippen molar-refractivity contribution in [2.75, 3.05) is 7.11 Å². The summed E-state index contributed by atoms with van der Waals surface area (Å²) in [6.07, 6.45) is 9.31. The van der Waals surface area contributed by atoms with Crippen LogP contribution in [0.2, 0.25) is 0 Å². The van der Waals surface area contributed by atoms with Crippen LogP contribution in [0.15, 0.2) is 36.4 Å². The summed E-state index contributed by atoms with van der Waals surface area (Å²) < 4.78 is 12.3. The number of rotatable bonds is 9.